The Labute approximate surface area is 97.8 Å². The molecule has 0 unspecified atom stereocenters. The Morgan fingerprint density at radius 3 is 1.33 bits per heavy atom. The highest BCUT2D eigenvalue weighted by atomic mass is 14.0. The van der Waals surface area contributed by atoms with Crippen LogP contribution < -0.4 is 0 Å². The molecule has 0 nitrogen and oxygen atoms in total. The maximum atomic E-state index is 3.88. The van der Waals surface area contributed by atoms with E-state index in [1.54, 1.807) is 0 Å². The summed E-state index contributed by atoms with van der Waals surface area (Å²) in [7, 11) is 0. The Balaban J connectivity index is -0.000000318. The number of hydrogen-bond donors (Lipinski definition) is 0. The highest BCUT2D eigenvalue weighted by molar-refractivity contribution is 5.33. The molecule has 0 heteroatoms. The van der Waals surface area contributed by atoms with Crippen LogP contribution in [0.5, 0.6) is 0 Å². The van der Waals surface area contributed by atoms with Crippen LogP contribution in [0.1, 0.15) is 62.3 Å². The lowest BCUT2D eigenvalue weighted by atomic mass is 10.1. The average Bonchev–Trinajstić information content (AvgIpc) is 2.23. The molecule has 0 aliphatic heterocycles. The first-order valence-electron chi connectivity index (χ1n) is 5.93. The minimum atomic E-state index is 1.14. The van der Waals surface area contributed by atoms with Crippen LogP contribution >= 0.6 is 0 Å². The van der Waals surface area contributed by atoms with Gasteiger partial charge in [-0.25, -0.2) is 0 Å². The van der Waals surface area contributed by atoms with Gasteiger partial charge in [0.05, 0.1) is 0 Å². The van der Waals surface area contributed by atoms with Crippen LogP contribution in [0.15, 0.2) is 34.9 Å². The van der Waals surface area contributed by atoms with E-state index in [1.165, 1.54) is 16.7 Å². The van der Waals surface area contributed by atoms with Crippen molar-refractivity contribution < 1.29 is 0 Å². The van der Waals surface area contributed by atoms with E-state index in [4.69, 9.17) is 0 Å². The molecule has 0 heterocycles. The number of hydrogen-bond acceptors (Lipinski definition) is 0. The first-order valence-corrected chi connectivity index (χ1v) is 5.93. The lowest BCUT2D eigenvalue weighted by Gasteiger charge is -2.00. The third-order valence-corrected chi connectivity index (χ3v) is 1.89. The van der Waals surface area contributed by atoms with Crippen LogP contribution in [0, 0.1) is 0 Å². The average molecular weight is 210 g/mol. The molecule has 0 amide bonds. The Morgan fingerprint density at radius 2 is 1.13 bits per heavy atom. The molecule has 15 heavy (non-hydrogen) atoms. The molecule has 90 valence electrons. The smallest absolute Gasteiger partial charge is 0.0395 e. The highest BCUT2D eigenvalue weighted by Gasteiger charge is 1.90. The first kappa shape index (κ1) is 19.7. The van der Waals surface area contributed by atoms with Crippen molar-refractivity contribution in [1.82, 2.24) is 0 Å². The molecule has 0 fully saturated rings. The topological polar surface area (TPSA) is 0 Å². The van der Waals surface area contributed by atoms with Gasteiger partial charge in [0.2, 0.25) is 0 Å². The molecule has 0 atom stereocenters. The summed E-state index contributed by atoms with van der Waals surface area (Å²) in [4.78, 5) is 0. The second-order valence-electron chi connectivity index (χ2n) is 3.29. The van der Waals surface area contributed by atoms with Crippen LogP contribution in [0.4, 0.5) is 0 Å². The van der Waals surface area contributed by atoms with Crippen LogP contribution in [-0.2, 0) is 0 Å². The second kappa shape index (κ2) is 13.2. The van der Waals surface area contributed by atoms with E-state index >= 15 is 0 Å². The van der Waals surface area contributed by atoms with Gasteiger partial charge < -0.3 is 0 Å². The minimum absolute atomic E-state index is 1.14. The SMILES string of the molecule is C=C(C)/C(C)=C\C(C)=C(C)C.CC.CC. The molecule has 0 spiro atoms. The summed E-state index contributed by atoms with van der Waals surface area (Å²) < 4.78 is 0. The minimum Gasteiger partial charge on any atom is -0.0958 e. The van der Waals surface area contributed by atoms with Crippen molar-refractivity contribution in [3.8, 4) is 0 Å². The summed E-state index contributed by atoms with van der Waals surface area (Å²) in [6, 6.07) is 0. The molecule has 0 bridgehead atoms. The fraction of sp³-hybridized carbons (Fsp3) is 0.600. The maximum absolute atomic E-state index is 3.88. The number of rotatable bonds is 2. The zero-order chi connectivity index (χ0) is 13.0. The van der Waals surface area contributed by atoms with Gasteiger partial charge in [-0.1, -0.05) is 57.1 Å². The van der Waals surface area contributed by atoms with Crippen molar-refractivity contribution in [2.24, 2.45) is 0 Å². The Morgan fingerprint density at radius 1 is 0.800 bits per heavy atom. The summed E-state index contributed by atoms with van der Waals surface area (Å²) in [6.45, 7) is 22.4. The number of allylic oxidation sites excluding steroid dienone is 5. The maximum Gasteiger partial charge on any atom is -0.0395 e. The van der Waals surface area contributed by atoms with Crippen molar-refractivity contribution in [3.05, 3.63) is 34.9 Å². The Kier molecular flexibility index (Phi) is 17.4. The monoisotopic (exact) mass is 210 g/mol. The molecule has 0 aromatic carbocycles. The van der Waals surface area contributed by atoms with E-state index in [1.807, 2.05) is 34.6 Å². The van der Waals surface area contributed by atoms with E-state index in [9.17, 15) is 0 Å². The van der Waals surface area contributed by atoms with Crippen molar-refractivity contribution >= 4 is 0 Å². The fourth-order valence-corrected chi connectivity index (χ4v) is 0.592. The van der Waals surface area contributed by atoms with Gasteiger partial charge in [-0.15, -0.1) is 0 Å². The largest absolute Gasteiger partial charge is 0.0958 e. The molecular weight excluding hydrogens is 180 g/mol. The molecule has 0 N–H and O–H groups in total. The van der Waals surface area contributed by atoms with E-state index in [0.29, 0.717) is 0 Å². The Bertz CT molecular complexity index is 210. The van der Waals surface area contributed by atoms with Gasteiger partial charge in [-0.05, 0) is 40.2 Å². The fourth-order valence-electron chi connectivity index (χ4n) is 0.592. The molecule has 0 aliphatic carbocycles. The van der Waals surface area contributed by atoms with Crippen LogP contribution in [0.25, 0.3) is 0 Å². The summed E-state index contributed by atoms with van der Waals surface area (Å²) in [6.07, 6.45) is 2.18. The molecule has 0 rings (SSSR count). The molecular formula is C15H30. The van der Waals surface area contributed by atoms with Crippen molar-refractivity contribution in [2.45, 2.75) is 62.3 Å². The Hall–Kier alpha value is -0.780. The van der Waals surface area contributed by atoms with Crippen LogP contribution in [0.3, 0.4) is 0 Å². The second-order valence-corrected chi connectivity index (χ2v) is 3.29. The summed E-state index contributed by atoms with van der Waals surface area (Å²) in [5.74, 6) is 0. The molecule has 0 saturated carbocycles. The van der Waals surface area contributed by atoms with Crippen molar-refractivity contribution in [3.63, 3.8) is 0 Å². The van der Waals surface area contributed by atoms with Gasteiger partial charge >= 0.3 is 0 Å². The van der Waals surface area contributed by atoms with E-state index in [2.05, 4.69) is 40.3 Å². The van der Waals surface area contributed by atoms with E-state index in [0.717, 1.165) is 5.57 Å². The predicted octanol–water partition coefficient (Wildman–Crippen LogP) is 5.92. The zero-order valence-corrected chi connectivity index (χ0v) is 12.3. The van der Waals surface area contributed by atoms with E-state index < -0.39 is 0 Å². The molecule has 0 saturated heterocycles. The van der Waals surface area contributed by atoms with Crippen LogP contribution in [-0.4, -0.2) is 0 Å². The molecule has 0 aromatic heterocycles. The quantitative estimate of drug-likeness (QED) is 0.496. The summed E-state index contributed by atoms with van der Waals surface area (Å²) in [5, 5.41) is 0. The van der Waals surface area contributed by atoms with E-state index in [-0.39, 0.29) is 0 Å². The third-order valence-electron chi connectivity index (χ3n) is 1.89. The summed E-state index contributed by atoms with van der Waals surface area (Å²) in [5.41, 5.74) is 5.12. The molecule has 0 aliphatic rings. The van der Waals surface area contributed by atoms with Gasteiger partial charge in [0.25, 0.3) is 0 Å². The molecule has 0 aromatic rings. The highest BCUT2D eigenvalue weighted by Crippen LogP contribution is 2.11. The van der Waals surface area contributed by atoms with Crippen molar-refractivity contribution in [1.29, 1.82) is 0 Å². The zero-order valence-electron chi connectivity index (χ0n) is 12.3. The van der Waals surface area contributed by atoms with Gasteiger partial charge in [-0.2, -0.15) is 0 Å². The predicted molar refractivity (Wildman–Crippen MR) is 75.3 cm³/mol. The standard InChI is InChI=1S/C11H18.2C2H6/c1-8(2)10(5)7-11(6)9(3)4;2*1-2/h7H,1H2,2-6H3;2*1-2H3/b10-7-;;. The first-order chi connectivity index (χ1) is 6.95. The van der Waals surface area contributed by atoms with Gasteiger partial charge in [0, 0.05) is 0 Å². The van der Waals surface area contributed by atoms with Gasteiger partial charge in [-0.3, -0.25) is 0 Å². The van der Waals surface area contributed by atoms with Crippen LogP contribution in [0.2, 0.25) is 0 Å². The van der Waals surface area contributed by atoms with Gasteiger partial charge in [0.1, 0.15) is 0 Å². The lowest BCUT2D eigenvalue weighted by molar-refractivity contribution is 1.26. The summed E-state index contributed by atoms with van der Waals surface area (Å²) >= 11 is 0. The lowest BCUT2D eigenvalue weighted by Crippen LogP contribution is -1.80. The van der Waals surface area contributed by atoms with Crippen molar-refractivity contribution in [2.75, 3.05) is 0 Å². The molecule has 0 radical (unpaired) electrons. The normalized spacial score (nSPS) is 9.00. The van der Waals surface area contributed by atoms with Gasteiger partial charge in [0.15, 0.2) is 0 Å². The third kappa shape index (κ3) is 13.2.